The van der Waals surface area contributed by atoms with Crippen LogP contribution in [0.3, 0.4) is 0 Å². The third-order valence-electron chi connectivity index (χ3n) is 13.3. The molecule has 5 amide bonds. The quantitative estimate of drug-likeness (QED) is 0.113. The number of carbonyl (C=O) groups excluding carboxylic acids is 6. The Morgan fingerprint density at radius 3 is 2.34 bits per heavy atom. The summed E-state index contributed by atoms with van der Waals surface area (Å²) in [5.74, 6) is -1.47. The van der Waals surface area contributed by atoms with Crippen molar-refractivity contribution in [1.29, 1.82) is 0 Å². The van der Waals surface area contributed by atoms with E-state index in [0.717, 1.165) is 78.5 Å². The van der Waals surface area contributed by atoms with Gasteiger partial charge in [-0.2, -0.15) is 0 Å². The molecule has 2 saturated heterocycles. The van der Waals surface area contributed by atoms with Crippen LogP contribution in [0.5, 0.6) is 0 Å². The molecule has 11 nitrogen and oxygen atoms in total. The van der Waals surface area contributed by atoms with Gasteiger partial charge in [-0.25, -0.2) is 0 Å². The molecular formula is C47H47N5O6. The number of para-hydroxylation sites is 1. The van der Waals surface area contributed by atoms with Crippen molar-refractivity contribution in [3.8, 4) is 0 Å². The number of Topliss-reactive ketones (excluding diaryl/α,β-unsaturated/α-hetero) is 1. The maximum atomic E-state index is 14.4. The van der Waals surface area contributed by atoms with E-state index >= 15 is 0 Å². The van der Waals surface area contributed by atoms with E-state index in [1.807, 2.05) is 78.9 Å². The predicted octanol–water partition coefficient (Wildman–Crippen LogP) is 5.27. The van der Waals surface area contributed by atoms with Gasteiger partial charge in [0, 0.05) is 54.2 Å². The average Bonchev–Trinajstić information content (AvgIpc) is 3.84. The number of imide groups is 1. The maximum absolute atomic E-state index is 14.4. The fourth-order valence-electron chi connectivity index (χ4n) is 10.4. The van der Waals surface area contributed by atoms with Crippen molar-refractivity contribution in [2.45, 2.75) is 99.7 Å². The summed E-state index contributed by atoms with van der Waals surface area (Å²) in [6.45, 7) is 0.878. The van der Waals surface area contributed by atoms with Crippen molar-refractivity contribution < 1.29 is 28.8 Å². The van der Waals surface area contributed by atoms with Crippen LogP contribution in [0.1, 0.15) is 106 Å². The highest BCUT2D eigenvalue weighted by Gasteiger charge is 2.73. The number of hydrogen-bond acceptors (Lipinski definition) is 7. The molecule has 1 saturated carbocycles. The zero-order valence-electron chi connectivity index (χ0n) is 32.4. The molecule has 11 heteroatoms. The van der Waals surface area contributed by atoms with Gasteiger partial charge in [-0.1, -0.05) is 79.2 Å². The van der Waals surface area contributed by atoms with Crippen LogP contribution in [-0.4, -0.2) is 64.4 Å². The lowest BCUT2D eigenvalue weighted by Gasteiger charge is -2.50. The van der Waals surface area contributed by atoms with E-state index < -0.39 is 28.9 Å². The minimum atomic E-state index is -0.908. The van der Waals surface area contributed by atoms with Gasteiger partial charge in [-0.3, -0.25) is 39.4 Å². The summed E-state index contributed by atoms with van der Waals surface area (Å²) in [6, 6.07) is 29.6. The zero-order chi connectivity index (χ0) is 40.0. The normalized spacial score (nSPS) is 24.0. The predicted molar refractivity (Wildman–Crippen MR) is 217 cm³/mol. The minimum Gasteiger partial charge on any atom is -0.352 e. The number of ketones is 1. The largest absolute Gasteiger partial charge is 0.352 e. The highest BCUT2D eigenvalue weighted by molar-refractivity contribution is 6.10. The van der Waals surface area contributed by atoms with Crippen LogP contribution in [-0.2, 0) is 44.0 Å². The van der Waals surface area contributed by atoms with E-state index in [4.69, 9.17) is 0 Å². The van der Waals surface area contributed by atoms with Crippen LogP contribution in [0, 0.1) is 0 Å². The van der Waals surface area contributed by atoms with Gasteiger partial charge in [0.2, 0.25) is 17.7 Å². The molecule has 9 rings (SSSR count). The van der Waals surface area contributed by atoms with Gasteiger partial charge >= 0.3 is 0 Å². The van der Waals surface area contributed by atoms with Crippen molar-refractivity contribution in [1.82, 2.24) is 20.9 Å². The van der Waals surface area contributed by atoms with Crippen LogP contribution < -0.4 is 21.3 Å². The Morgan fingerprint density at radius 2 is 1.59 bits per heavy atom. The molecule has 4 aromatic carbocycles. The molecule has 4 N–H and O–H groups in total. The molecule has 296 valence electrons. The lowest BCUT2D eigenvalue weighted by atomic mass is 9.53. The monoisotopic (exact) mass is 777 g/mol. The zero-order valence-corrected chi connectivity index (χ0v) is 32.4. The molecule has 0 bridgehead atoms. The van der Waals surface area contributed by atoms with E-state index in [1.165, 1.54) is 0 Å². The number of nitrogens with one attached hydrogen (secondary N) is 4. The van der Waals surface area contributed by atoms with Gasteiger partial charge in [0.25, 0.3) is 11.8 Å². The first-order valence-electron chi connectivity index (χ1n) is 20.6. The van der Waals surface area contributed by atoms with E-state index in [1.54, 1.807) is 23.1 Å². The SMILES string of the molecule is O=C1CCC(N2Cc3c(CCCCCNC(=O)c4ccc(CC(=O)[C@@H]5NC6(CCC6)[C@@]6(C(=O)Nc7ccccc76)[C@H]5c5ccccc5)cc4)cccc3C2=O)C(=O)N1. The Labute approximate surface area is 337 Å². The van der Waals surface area contributed by atoms with Gasteiger partial charge in [0.15, 0.2) is 5.78 Å². The number of unbranched alkanes of at least 4 members (excludes halogenated alkanes) is 2. The molecule has 1 unspecified atom stereocenters. The standard InChI is InChI=1S/C47H47N5O6/c53-38(41-40(31-12-3-1-4-13-31)47(46(51-41)24-10-25-46)35-16-6-7-17-36(35)49-45(47)58)27-29-18-20-32(21-19-29)42(55)48-26-8-2-5-11-30-14-9-15-33-34(30)28-52(44(33)57)37-22-23-39(54)50-43(37)56/h1,3-4,6-7,9,12-21,37,40-41,51H,2,5,8,10-11,22-28H2,(H,48,55)(H,49,58)(H,50,54,56)/t37?,40-,41-,47+/m0/s1. The Bertz CT molecular complexity index is 2320. The summed E-state index contributed by atoms with van der Waals surface area (Å²) in [5.41, 5.74) is 5.31. The number of aryl methyl sites for hydroxylation is 1. The van der Waals surface area contributed by atoms with Gasteiger partial charge in [-0.05, 0) is 97.0 Å². The number of anilines is 1. The Morgan fingerprint density at radius 1 is 0.810 bits per heavy atom. The van der Waals surface area contributed by atoms with Gasteiger partial charge < -0.3 is 15.5 Å². The third-order valence-corrected chi connectivity index (χ3v) is 13.3. The van der Waals surface area contributed by atoms with E-state index in [0.29, 0.717) is 30.6 Å². The Kier molecular flexibility index (Phi) is 9.79. The summed E-state index contributed by atoms with van der Waals surface area (Å²) < 4.78 is 0. The van der Waals surface area contributed by atoms with Crippen molar-refractivity contribution in [3.05, 3.63) is 136 Å². The third kappa shape index (κ3) is 6.23. The number of rotatable bonds is 12. The molecule has 0 aromatic heterocycles. The number of fused-ring (bicyclic) bond motifs is 4. The van der Waals surface area contributed by atoms with E-state index in [9.17, 15) is 28.8 Å². The van der Waals surface area contributed by atoms with Crippen LogP contribution in [0.15, 0.2) is 97.1 Å². The molecular weight excluding hydrogens is 731 g/mol. The smallest absolute Gasteiger partial charge is 0.255 e. The second-order valence-electron chi connectivity index (χ2n) is 16.5. The molecule has 4 atom stereocenters. The van der Waals surface area contributed by atoms with Crippen molar-refractivity contribution in [3.63, 3.8) is 0 Å². The van der Waals surface area contributed by atoms with Crippen LogP contribution >= 0.6 is 0 Å². The van der Waals surface area contributed by atoms with E-state index in [2.05, 4.69) is 21.3 Å². The molecule has 58 heavy (non-hydrogen) atoms. The first-order valence-corrected chi connectivity index (χ1v) is 20.6. The summed E-state index contributed by atoms with van der Waals surface area (Å²) in [7, 11) is 0. The summed E-state index contributed by atoms with van der Waals surface area (Å²) in [5, 5.41) is 12.3. The van der Waals surface area contributed by atoms with Crippen LogP contribution in [0.2, 0.25) is 0 Å². The molecule has 4 aliphatic heterocycles. The first kappa shape index (κ1) is 37.6. The fourth-order valence-corrected chi connectivity index (χ4v) is 10.4. The second kappa shape index (κ2) is 15.1. The number of nitrogens with zero attached hydrogens (tertiary/aromatic N) is 1. The molecule has 4 heterocycles. The topological polar surface area (TPSA) is 154 Å². The highest BCUT2D eigenvalue weighted by Crippen LogP contribution is 2.64. The molecule has 5 aliphatic rings. The molecule has 4 aromatic rings. The number of amides is 5. The summed E-state index contributed by atoms with van der Waals surface area (Å²) >= 11 is 0. The van der Waals surface area contributed by atoms with Gasteiger partial charge in [-0.15, -0.1) is 0 Å². The molecule has 0 radical (unpaired) electrons. The summed E-state index contributed by atoms with van der Waals surface area (Å²) in [6.07, 6.45) is 6.67. The Balaban J connectivity index is 0.794. The minimum absolute atomic E-state index is 0.0186. The van der Waals surface area contributed by atoms with Crippen molar-refractivity contribution in [2.24, 2.45) is 0 Å². The van der Waals surface area contributed by atoms with Gasteiger partial charge in [0.1, 0.15) is 11.5 Å². The number of hydrogen-bond donors (Lipinski definition) is 4. The van der Waals surface area contributed by atoms with Crippen LogP contribution in [0.4, 0.5) is 5.69 Å². The molecule has 3 fully saturated rings. The number of piperidine rings is 1. The molecule has 1 aliphatic carbocycles. The lowest BCUT2D eigenvalue weighted by Crippen LogP contribution is -2.63. The lowest BCUT2D eigenvalue weighted by molar-refractivity contribution is -0.137. The highest BCUT2D eigenvalue weighted by atomic mass is 16.2. The Hall–Kier alpha value is -5.94. The maximum Gasteiger partial charge on any atom is 0.255 e. The first-order chi connectivity index (χ1) is 28.2. The van der Waals surface area contributed by atoms with Crippen molar-refractivity contribution in [2.75, 3.05) is 11.9 Å². The van der Waals surface area contributed by atoms with E-state index in [-0.39, 0.29) is 48.2 Å². The number of benzene rings is 4. The molecule has 2 spiro atoms. The average molecular weight is 778 g/mol. The number of carbonyl (C=O) groups is 6. The van der Waals surface area contributed by atoms with Crippen LogP contribution in [0.25, 0.3) is 0 Å². The van der Waals surface area contributed by atoms with Crippen molar-refractivity contribution >= 4 is 41.0 Å². The summed E-state index contributed by atoms with van der Waals surface area (Å²) in [4.78, 5) is 80.5. The van der Waals surface area contributed by atoms with Gasteiger partial charge in [0.05, 0.1) is 6.04 Å². The fraction of sp³-hybridized carbons (Fsp3) is 0.362. The second-order valence-corrected chi connectivity index (χ2v) is 16.5.